The van der Waals surface area contributed by atoms with Crippen molar-refractivity contribution in [2.45, 2.75) is 58.2 Å². The number of methoxy groups -OCH3 is 1. The lowest BCUT2D eigenvalue weighted by Gasteiger charge is -2.33. The molecule has 2 aromatic carbocycles. The van der Waals surface area contributed by atoms with E-state index in [1.54, 1.807) is 0 Å². The van der Waals surface area contributed by atoms with Crippen molar-refractivity contribution in [2.75, 3.05) is 12.4 Å². The number of aryl methyl sites for hydroxylation is 1. The summed E-state index contributed by atoms with van der Waals surface area (Å²) in [4.78, 5) is 16.4. The van der Waals surface area contributed by atoms with Crippen LogP contribution in [0, 0.1) is 11.8 Å². The van der Waals surface area contributed by atoms with Gasteiger partial charge in [-0.15, -0.1) is 0 Å². The van der Waals surface area contributed by atoms with Crippen LogP contribution in [0.5, 0.6) is 0 Å². The Morgan fingerprint density at radius 1 is 1.09 bits per heavy atom. The van der Waals surface area contributed by atoms with E-state index in [2.05, 4.69) is 23.7 Å². The zero-order valence-corrected chi connectivity index (χ0v) is 19.7. The smallest absolute Gasteiger partial charge is 0.416 e. The van der Waals surface area contributed by atoms with Gasteiger partial charge in [0.25, 0.3) is 0 Å². The average molecular weight is 474 g/mol. The minimum absolute atomic E-state index is 0.238. The number of imidazole rings is 1. The molecule has 1 saturated carbocycles. The van der Waals surface area contributed by atoms with Crippen LogP contribution in [0.15, 0.2) is 42.5 Å². The largest absolute Gasteiger partial charge is 0.469 e. The Kier molecular flexibility index (Phi) is 6.86. The highest BCUT2D eigenvalue weighted by molar-refractivity contribution is 5.81. The van der Waals surface area contributed by atoms with Gasteiger partial charge in [-0.1, -0.05) is 19.9 Å². The maximum absolute atomic E-state index is 13.0. The number of ether oxygens (including phenoxy) is 1. The number of rotatable bonds is 6. The Bertz CT molecular complexity index is 1140. The van der Waals surface area contributed by atoms with Crippen LogP contribution in [-0.4, -0.2) is 22.6 Å². The quantitative estimate of drug-likeness (QED) is 0.396. The van der Waals surface area contributed by atoms with Gasteiger partial charge in [-0.25, -0.2) is 4.98 Å². The third-order valence-electron chi connectivity index (χ3n) is 6.59. The minimum atomic E-state index is -4.37. The normalized spacial score (nSPS) is 20.9. The fraction of sp³-hybridized carbons (Fsp3) is 0.462. The van der Waals surface area contributed by atoms with Gasteiger partial charge < -0.3 is 14.6 Å². The Balaban J connectivity index is 1.70. The number of hydrogen-bond donors (Lipinski definition) is 1. The summed E-state index contributed by atoms with van der Waals surface area (Å²) in [7, 11) is 1.37. The van der Waals surface area contributed by atoms with Crippen molar-refractivity contribution in [1.29, 1.82) is 0 Å². The molecule has 1 aromatic heterocycles. The Morgan fingerprint density at radius 3 is 2.38 bits per heavy atom. The van der Waals surface area contributed by atoms with Crippen molar-refractivity contribution in [3.63, 3.8) is 0 Å². The van der Waals surface area contributed by atoms with Crippen LogP contribution in [-0.2, 0) is 22.1 Å². The van der Waals surface area contributed by atoms with Crippen LogP contribution in [0.4, 0.5) is 24.8 Å². The summed E-state index contributed by atoms with van der Waals surface area (Å²) in [6, 6.07) is 11.2. The van der Waals surface area contributed by atoms with E-state index >= 15 is 0 Å². The molecule has 1 N–H and O–H groups in total. The molecule has 0 aliphatic heterocycles. The van der Waals surface area contributed by atoms with E-state index in [-0.39, 0.29) is 18.4 Å². The van der Waals surface area contributed by atoms with Crippen molar-refractivity contribution >= 4 is 28.6 Å². The molecule has 8 heteroatoms. The zero-order valence-electron chi connectivity index (χ0n) is 19.7. The van der Waals surface area contributed by atoms with Crippen LogP contribution >= 0.6 is 0 Å². The molecular formula is C26H30F3N3O2. The summed E-state index contributed by atoms with van der Waals surface area (Å²) in [5.41, 5.74) is 2.61. The molecule has 0 amide bonds. The van der Waals surface area contributed by atoms with Crippen LogP contribution in [0.2, 0.25) is 0 Å². The van der Waals surface area contributed by atoms with Crippen molar-refractivity contribution in [3.8, 4) is 0 Å². The molecule has 1 fully saturated rings. The maximum atomic E-state index is 13.0. The van der Waals surface area contributed by atoms with E-state index in [4.69, 9.17) is 9.72 Å². The summed E-state index contributed by atoms with van der Waals surface area (Å²) in [5.74, 6) is 1.50. The molecule has 4 rings (SSSR count). The maximum Gasteiger partial charge on any atom is 0.416 e. The molecule has 5 nitrogen and oxygen atoms in total. The molecule has 34 heavy (non-hydrogen) atoms. The number of hydrogen-bond acceptors (Lipinski definition) is 4. The number of esters is 1. The third kappa shape index (κ3) is 5.37. The third-order valence-corrected chi connectivity index (χ3v) is 6.59. The van der Waals surface area contributed by atoms with Crippen molar-refractivity contribution in [3.05, 3.63) is 53.6 Å². The Morgan fingerprint density at radius 2 is 1.76 bits per heavy atom. The van der Waals surface area contributed by atoms with E-state index in [0.29, 0.717) is 29.9 Å². The molecule has 1 aliphatic carbocycles. The van der Waals surface area contributed by atoms with Gasteiger partial charge >= 0.3 is 12.1 Å². The van der Waals surface area contributed by atoms with E-state index in [1.807, 2.05) is 18.2 Å². The van der Waals surface area contributed by atoms with Gasteiger partial charge in [0.05, 0.1) is 23.7 Å². The lowest BCUT2D eigenvalue weighted by atomic mass is 9.80. The standard InChI is InChI=1S/C26H30F3N3O2/c1-16-12-17(2)14-21(13-16)32-23-10-4-18(5-11-24(33)34-3)15-22(23)31-25(32)30-20-8-6-19(7-9-20)26(27,28)29/h4,6-10,15-17,21H,5,11-14H2,1-3H3,(H,30,31). The average Bonchev–Trinajstić information content (AvgIpc) is 3.13. The van der Waals surface area contributed by atoms with Gasteiger partial charge in [0, 0.05) is 18.2 Å². The number of nitrogens with one attached hydrogen (secondary N) is 1. The van der Waals surface area contributed by atoms with Gasteiger partial charge in [-0.3, -0.25) is 4.79 Å². The zero-order chi connectivity index (χ0) is 24.5. The first-order valence-corrected chi connectivity index (χ1v) is 11.7. The number of anilines is 2. The highest BCUT2D eigenvalue weighted by Crippen LogP contribution is 2.40. The highest BCUT2D eigenvalue weighted by Gasteiger charge is 2.31. The number of carbonyl (C=O) groups excluding carboxylic acids is 1. The number of aromatic nitrogens is 2. The predicted molar refractivity (Wildman–Crippen MR) is 126 cm³/mol. The molecule has 0 radical (unpaired) electrons. The molecule has 1 heterocycles. The summed E-state index contributed by atoms with van der Waals surface area (Å²) in [6.45, 7) is 4.52. The van der Waals surface area contributed by atoms with Gasteiger partial charge in [0.15, 0.2) is 0 Å². The predicted octanol–water partition coefficient (Wildman–Crippen LogP) is 6.90. The fourth-order valence-corrected chi connectivity index (χ4v) is 5.09. The molecule has 3 aromatic rings. The molecule has 0 spiro atoms. The topological polar surface area (TPSA) is 56.1 Å². The van der Waals surface area contributed by atoms with Crippen molar-refractivity contribution < 1.29 is 22.7 Å². The van der Waals surface area contributed by atoms with Gasteiger partial charge in [0.1, 0.15) is 0 Å². The highest BCUT2D eigenvalue weighted by atomic mass is 19.4. The minimum Gasteiger partial charge on any atom is -0.469 e. The second-order valence-corrected chi connectivity index (χ2v) is 9.48. The first-order valence-electron chi connectivity index (χ1n) is 11.7. The monoisotopic (exact) mass is 473 g/mol. The number of carbonyl (C=O) groups is 1. The van der Waals surface area contributed by atoms with Gasteiger partial charge in [0.2, 0.25) is 5.95 Å². The van der Waals surface area contributed by atoms with E-state index in [1.165, 1.54) is 25.7 Å². The van der Waals surface area contributed by atoms with Crippen LogP contribution in [0.3, 0.4) is 0 Å². The molecule has 2 unspecified atom stereocenters. The lowest BCUT2D eigenvalue weighted by molar-refractivity contribution is -0.140. The number of fused-ring (bicyclic) bond motifs is 1. The number of benzene rings is 2. The second-order valence-electron chi connectivity index (χ2n) is 9.48. The van der Waals surface area contributed by atoms with Crippen molar-refractivity contribution in [2.24, 2.45) is 11.8 Å². The van der Waals surface area contributed by atoms with Gasteiger partial charge in [-0.2, -0.15) is 13.2 Å². The first-order chi connectivity index (χ1) is 16.1. The summed E-state index contributed by atoms with van der Waals surface area (Å²) in [5, 5.41) is 3.26. The van der Waals surface area contributed by atoms with Crippen LogP contribution < -0.4 is 5.32 Å². The van der Waals surface area contributed by atoms with Crippen LogP contribution in [0.1, 0.15) is 56.7 Å². The van der Waals surface area contributed by atoms with Crippen molar-refractivity contribution in [1.82, 2.24) is 9.55 Å². The lowest BCUT2D eigenvalue weighted by Crippen LogP contribution is -2.23. The molecule has 0 bridgehead atoms. The number of halogens is 3. The van der Waals surface area contributed by atoms with Gasteiger partial charge in [-0.05, 0) is 79.5 Å². The first kappa shape index (κ1) is 24.1. The SMILES string of the molecule is COC(=O)CCc1ccc2c(c1)nc(Nc1ccc(C(F)(F)F)cc1)n2C1CC(C)CC(C)C1. The molecule has 182 valence electrons. The molecule has 0 saturated heterocycles. The second kappa shape index (κ2) is 9.68. The van der Waals surface area contributed by atoms with Crippen LogP contribution in [0.25, 0.3) is 11.0 Å². The molecule has 2 atom stereocenters. The summed E-state index contributed by atoms with van der Waals surface area (Å²) < 4.78 is 45.9. The van der Waals surface area contributed by atoms with E-state index in [0.717, 1.165) is 41.6 Å². The number of alkyl halides is 3. The Hall–Kier alpha value is -3.03. The summed E-state index contributed by atoms with van der Waals surface area (Å²) >= 11 is 0. The summed E-state index contributed by atoms with van der Waals surface area (Å²) in [6.07, 6.45) is -0.321. The Labute approximate surface area is 197 Å². The number of nitrogens with zero attached hydrogens (tertiary/aromatic N) is 2. The van der Waals surface area contributed by atoms with E-state index in [9.17, 15) is 18.0 Å². The molecule has 1 aliphatic rings. The molecular weight excluding hydrogens is 443 g/mol. The fourth-order valence-electron chi connectivity index (χ4n) is 5.09. The van der Waals surface area contributed by atoms with E-state index < -0.39 is 11.7 Å².